The van der Waals surface area contributed by atoms with Crippen LogP contribution in [0.1, 0.15) is 36.0 Å². The quantitative estimate of drug-likeness (QED) is 0.660. The van der Waals surface area contributed by atoms with Crippen LogP contribution in [-0.2, 0) is 0 Å². The molecule has 1 heterocycles. The summed E-state index contributed by atoms with van der Waals surface area (Å²) in [6.07, 6.45) is 4.75. The molecule has 0 unspecified atom stereocenters. The van der Waals surface area contributed by atoms with E-state index >= 15 is 0 Å². The summed E-state index contributed by atoms with van der Waals surface area (Å²) in [5, 5.41) is 6.12. The number of rotatable bonds is 5. The zero-order valence-corrected chi connectivity index (χ0v) is 13.7. The van der Waals surface area contributed by atoms with E-state index in [2.05, 4.69) is 20.6 Å². The molecule has 0 bridgehead atoms. The third-order valence-corrected chi connectivity index (χ3v) is 4.28. The van der Waals surface area contributed by atoms with Crippen molar-refractivity contribution < 1.29 is 9.18 Å². The van der Waals surface area contributed by atoms with Gasteiger partial charge in [0.2, 0.25) is 11.9 Å². The van der Waals surface area contributed by atoms with Gasteiger partial charge in [0.1, 0.15) is 0 Å². The van der Waals surface area contributed by atoms with Crippen molar-refractivity contribution in [2.75, 3.05) is 10.6 Å². The predicted octanol–water partition coefficient (Wildman–Crippen LogP) is 2.14. The lowest BCUT2D eigenvalue weighted by molar-refractivity contribution is 0.100. The van der Waals surface area contributed by atoms with E-state index in [-0.39, 0.29) is 23.8 Å². The second-order valence-electron chi connectivity index (χ2n) is 6.21. The standard InChI is InChI=1S/C17H21FN6O/c18-14-9-21-17(23-13-5-1-10(2-6-13)15(20)25)24-16(14)22-12-7-3-11(19)4-8-12/h1-2,5-6,9,11-12H,3-4,7-8,19H2,(H2,20,25)(H2,21,22,23,24). The molecular formula is C17H21FN6O. The molecule has 2 aromatic rings. The number of hydrogen-bond acceptors (Lipinski definition) is 6. The Bertz CT molecular complexity index is 743. The van der Waals surface area contributed by atoms with Crippen LogP contribution < -0.4 is 22.1 Å². The SMILES string of the molecule is NC(=O)c1ccc(Nc2ncc(F)c(NC3CCC(N)CC3)n2)cc1. The van der Waals surface area contributed by atoms with Gasteiger partial charge in [0.25, 0.3) is 0 Å². The molecule has 3 rings (SSSR count). The van der Waals surface area contributed by atoms with Gasteiger partial charge in [-0.05, 0) is 49.9 Å². The Morgan fingerprint density at radius 1 is 1.16 bits per heavy atom. The molecule has 1 aromatic heterocycles. The van der Waals surface area contributed by atoms with Gasteiger partial charge in [-0.3, -0.25) is 4.79 Å². The molecule has 1 aliphatic carbocycles. The molecular weight excluding hydrogens is 323 g/mol. The highest BCUT2D eigenvalue weighted by Gasteiger charge is 2.20. The molecule has 1 aromatic carbocycles. The van der Waals surface area contributed by atoms with Crippen molar-refractivity contribution in [3.05, 3.63) is 41.8 Å². The van der Waals surface area contributed by atoms with Crippen molar-refractivity contribution in [2.24, 2.45) is 11.5 Å². The maximum absolute atomic E-state index is 14.0. The molecule has 132 valence electrons. The molecule has 25 heavy (non-hydrogen) atoms. The van der Waals surface area contributed by atoms with Gasteiger partial charge in [0, 0.05) is 23.3 Å². The van der Waals surface area contributed by atoms with Gasteiger partial charge in [0.05, 0.1) is 6.20 Å². The molecule has 0 saturated heterocycles. The predicted molar refractivity (Wildman–Crippen MR) is 94.1 cm³/mol. The number of carbonyl (C=O) groups excluding carboxylic acids is 1. The number of hydrogen-bond donors (Lipinski definition) is 4. The van der Waals surface area contributed by atoms with Crippen LogP contribution in [0.4, 0.5) is 21.8 Å². The molecule has 8 heteroatoms. The molecule has 1 fully saturated rings. The fraction of sp³-hybridized carbons (Fsp3) is 0.353. The van der Waals surface area contributed by atoms with Crippen LogP contribution in [0.5, 0.6) is 0 Å². The van der Waals surface area contributed by atoms with Crippen LogP contribution in [0.3, 0.4) is 0 Å². The van der Waals surface area contributed by atoms with Gasteiger partial charge in [-0.1, -0.05) is 0 Å². The number of nitrogens with two attached hydrogens (primary N) is 2. The Hall–Kier alpha value is -2.74. The van der Waals surface area contributed by atoms with E-state index in [1.54, 1.807) is 24.3 Å². The van der Waals surface area contributed by atoms with Gasteiger partial charge >= 0.3 is 0 Å². The number of primary amides is 1. The van der Waals surface area contributed by atoms with Gasteiger partial charge in [-0.15, -0.1) is 0 Å². The lowest BCUT2D eigenvalue weighted by Gasteiger charge is -2.27. The van der Waals surface area contributed by atoms with Gasteiger partial charge in [-0.2, -0.15) is 4.98 Å². The maximum Gasteiger partial charge on any atom is 0.248 e. The van der Waals surface area contributed by atoms with Crippen LogP contribution in [0.25, 0.3) is 0 Å². The Morgan fingerprint density at radius 3 is 2.48 bits per heavy atom. The second-order valence-corrected chi connectivity index (χ2v) is 6.21. The first-order valence-electron chi connectivity index (χ1n) is 8.23. The van der Waals surface area contributed by atoms with E-state index in [0.29, 0.717) is 11.3 Å². The fourth-order valence-electron chi connectivity index (χ4n) is 2.83. The Balaban J connectivity index is 1.69. The monoisotopic (exact) mass is 344 g/mol. The Morgan fingerprint density at radius 2 is 1.84 bits per heavy atom. The van der Waals surface area contributed by atoms with Crippen molar-refractivity contribution in [3.8, 4) is 0 Å². The summed E-state index contributed by atoms with van der Waals surface area (Å²) in [5.41, 5.74) is 12.2. The molecule has 0 aliphatic heterocycles. The minimum absolute atomic E-state index is 0.159. The molecule has 0 radical (unpaired) electrons. The minimum atomic E-state index is -0.497. The summed E-state index contributed by atoms with van der Waals surface area (Å²) in [5.74, 6) is -0.553. The van der Waals surface area contributed by atoms with Crippen LogP contribution in [0, 0.1) is 5.82 Å². The van der Waals surface area contributed by atoms with E-state index in [1.807, 2.05) is 0 Å². The fourth-order valence-corrected chi connectivity index (χ4v) is 2.83. The summed E-state index contributed by atoms with van der Waals surface area (Å²) in [6.45, 7) is 0. The maximum atomic E-state index is 14.0. The summed E-state index contributed by atoms with van der Waals surface area (Å²) in [7, 11) is 0. The van der Waals surface area contributed by atoms with E-state index in [1.165, 1.54) is 0 Å². The largest absolute Gasteiger partial charge is 0.366 e. The number of amides is 1. The highest BCUT2D eigenvalue weighted by molar-refractivity contribution is 5.93. The first-order chi connectivity index (χ1) is 12.0. The van der Waals surface area contributed by atoms with Crippen LogP contribution in [0.2, 0.25) is 0 Å². The van der Waals surface area contributed by atoms with Crippen LogP contribution >= 0.6 is 0 Å². The Labute approximate surface area is 145 Å². The van der Waals surface area contributed by atoms with E-state index < -0.39 is 11.7 Å². The van der Waals surface area contributed by atoms with E-state index in [9.17, 15) is 9.18 Å². The molecule has 7 nitrogen and oxygen atoms in total. The number of nitrogens with one attached hydrogen (secondary N) is 2. The zero-order chi connectivity index (χ0) is 17.8. The summed E-state index contributed by atoms with van der Waals surface area (Å²) in [4.78, 5) is 19.2. The van der Waals surface area contributed by atoms with Crippen molar-refractivity contribution in [1.29, 1.82) is 0 Å². The third-order valence-electron chi connectivity index (χ3n) is 4.28. The summed E-state index contributed by atoms with van der Waals surface area (Å²) < 4.78 is 14.0. The molecule has 0 spiro atoms. The summed E-state index contributed by atoms with van der Waals surface area (Å²) >= 11 is 0. The topological polar surface area (TPSA) is 119 Å². The lowest BCUT2D eigenvalue weighted by Crippen LogP contribution is -2.33. The van der Waals surface area contributed by atoms with Gasteiger partial charge < -0.3 is 22.1 Å². The Kier molecular flexibility index (Phi) is 5.08. The highest BCUT2D eigenvalue weighted by atomic mass is 19.1. The average Bonchev–Trinajstić information content (AvgIpc) is 2.60. The first-order valence-corrected chi connectivity index (χ1v) is 8.23. The second kappa shape index (κ2) is 7.43. The van der Waals surface area contributed by atoms with Crippen molar-refractivity contribution in [2.45, 2.75) is 37.8 Å². The van der Waals surface area contributed by atoms with Crippen LogP contribution in [0.15, 0.2) is 30.5 Å². The number of aromatic nitrogens is 2. The summed E-state index contributed by atoms with van der Waals surface area (Å²) in [6, 6.07) is 6.95. The number of nitrogens with zero attached hydrogens (tertiary/aromatic N) is 2. The highest BCUT2D eigenvalue weighted by Crippen LogP contribution is 2.23. The van der Waals surface area contributed by atoms with Crippen molar-refractivity contribution in [3.63, 3.8) is 0 Å². The van der Waals surface area contributed by atoms with Crippen LogP contribution in [-0.4, -0.2) is 28.0 Å². The first kappa shape index (κ1) is 17.1. The zero-order valence-electron chi connectivity index (χ0n) is 13.7. The number of carbonyl (C=O) groups is 1. The minimum Gasteiger partial charge on any atom is -0.366 e. The third kappa shape index (κ3) is 4.42. The molecule has 1 amide bonds. The molecule has 6 N–H and O–H groups in total. The van der Waals surface area contributed by atoms with Crippen molar-refractivity contribution >= 4 is 23.4 Å². The van der Waals surface area contributed by atoms with E-state index in [4.69, 9.17) is 11.5 Å². The molecule has 1 aliphatic rings. The van der Waals surface area contributed by atoms with E-state index in [0.717, 1.165) is 31.9 Å². The van der Waals surface area contributed by atoms with Crippen molar-refractivity contribution in [1.82, 2.24) is 9.97 Å². The number of benzene rings is 1. The molecule has 1 saturated carbocycles. The number of anilines is 3. The van der Waals surface area contributed by atoms with Gasteiger partial charge in [0.15, 0.2) is 11.6 Å². The molecule has 0 atom stereocenters. The lowest BCUT2D eigenvalue weighted by atomic mass is 9.92. The normalized spacial score (nSPS) is 20.1. The number of halogens is 1. The average molecular weight is 344 g/mol. The van der Waals surface area contributed by atoms with Gasteiger partial charge in [-0.25, -0.2) is 9.37 Å². The smallest absolute Gasteiger partial charge is 0.248 e.